The number of amides is 2. The van der Waals surface area contributed by atoms with E-state index in [4.69, 9.17) is 9.47 Å². The number of nitro benzene ring substituents is 1. The summed E-state index contributed by atoms with van der Waals surface area (Å²) >= 11 is 0. The van der Waals surface area contributed by atoms with Crippen molar-refractivity contribution in [3.63, 3.8) is 0 Å². The molecule has 2 rings (SSSR count). The quantitative estimate of drug-likeness (QED) is 0.348. The van der Waals surface area contributed by atoms with Gasteiger partial charge in [0.25, 0.3) is 5.91 Å². The zero-order chi connectivity index (χ0) is 21.2. The maximum Gasteiger partial charge on any atom is 0.311 e. The predicted molar refractivity (Wildman–Crippen MR) is 106 cm³/mol. The molecule has 10 nitrogen and oxygen atoms in total. The van der Waals surface area contributed by atoms with Gasteiger partial charge in [0.1, 0.15) is 0 Å². The number of hydrogen-bond donors (Lipinski definition) is 1. The molecule has 0 saturated carbocycles. The molecule has 0 radical (unpaired) electrons. The van der Waals surface area contributed by atoms with Gasteiger partial charge in [-0.15, -0.1) is 0 Å². The highest BCUT2D eigenvalue weighted by molar-refractivity contribution is 5.95. The number of rotatable bonds is 10. The third-order valence-corrected chi connectivity index (χ3v) is 4.58. The Labute approximate surface area is 169 Å². The Morgan fingerprint density at radius 3 is 2.59 bits per heavy atom. The number of methoxy groups -OCH3 is 1. The summed E-state index contributed by atoms with van der Waals surface area (Å²) in [5.74, 6) is -0.168. The van der Waals surface area contributed by atoms with Gasteiger partial charge < -0.3 is 19.7 Å². The van der Waals surface area contributed by atoms with Gasteiger partial charge in [0, 0.05) is 58.1 Å². The largest absolute Gasteiger partial charge is 0.487 e. The van der Waals surface area contributed by atoms with Crippen molar-refractivity contribution in [3.8, 4) is 5.75 Å². The molecule has 10 heteroatoms. The molecule has 0 unspecified atom stereocenters. The second-order valence-corrected chi connectivity index (χ2v) is 6.64. The third kappa shape index (κ3) is 6.68. The fourth-order valence-corrected chi connectivity index (χ4v) is 3.07. The zero-order valence-electron chi connectivity index (χ0n) is 16.9. The van der Waals surface area contributed by atoms with Crippen LogP contribution in [0.5, 0.6) is 5.75 Å². The summed E-state index contributed by atoms with van der Waals surface area (Å²) < 4.78 is 10.2. The number of benzene rings is 1. The van der Waals surface area contributed by atoms with E-state index in [-0.39, 0.29) is 35.4 Å². The van der Waals surface area contributed by atoms with E-state index in [0.29, 0.717) is 45.9 Å². The number of carbonyl (C=O) groups excluding carboxylic acids is 2. The van der Waals surface area contributed by atoms with E-state index in [1.54, 1.807) is 25.0 Å². The smallest absolute Gasteiger partial charge is 0.311 e. The van der Waals surface area contributed by atoms with Crippen molar-refractivity contribution >= 4 is 17.5 Å². The average molecular weight is 408 g/mol. The Morgan fingerprint density at radius 2 is 1.97 bits per heavy atom. The van der Waals surface area contributed by atoms with Gasteiger partial charge >= 0.3 is 5.69 Å². The van der Waals surface area contributed by atoms with Crippen molar-refractivity contribution in [1.29, 1.82) is 0 Å². The maximum absolute atomic E-state index is 12.7. The fraction of sp³-hybridized carbons (Fsp3) is 0.579. The number of nitrogens with zero attached hydrogens (tertiary/aromatic N) is 3. The highest BCUT2D eigenvalue weighted by Gasteiger charge is 2.25. The van der Waals surface area contributed by atoms with Crippen LogP contribution in [0.4, 0.5) is 5.69 Å². The Hall–Kier alpha value is -2.72. The van der Waals surface area contributed by atoms with Crippen LogP contribution in [-0.2, 0) is 9.53 Å². The van der Waals surface area contributed by atoms with Crippen molar-refractivity contribution in [3.05, 3.63) is 33.9 Å². The summed E-state index contributed by atoms with van der Waals surface area (Å²) in [6, 6.07) is 4.26. The molecule has 0 spiro atoms. The summed E-state index contributed by atoms with van der Waals surface area (Å²) in [5.41, 5.74) is 0.0333. The van der Waals surface area contributed by atoms with E-state index >= 15 is 0 Å². The van der Waals surface area contributed by atoms with Crippen LogP contribution in [0.15, 0.2) is 18.2 Å². The molecule has 29 heavy (non-hydrogen) atoms. The molecule has 1 aromatic rings. The summed E-state index contributed by atoms with van der Waals surface area (Å²) in [7, 11) is 1.62. The summed E-state index contributed by atoms with van der Waals surface area (Å²) in [6.45, 7) is 5.54. The minimum Gasteiger partial charge on any atom is -0.487 e. The Kier molecular flexibility index (Phi) is 8.81. The van der Waals surface area contributed by atoms with Gasteiger partial charge in [-0.2, -0.15) is 0 Å². The standard InChI is InChI=1S/C19H28N4O6/c1-3-29-17-6-5-15(13-16(17)23(26)27)19(25)22-10-8-21(9-11-22)14-18(24)20-7-4-12-28-2/h5-6,13H,3-4,7-12,14H2,1-2H3,(H,20,24). The van der Waals surface area contributed by atoms with Crippen molar-refractivity contribution in [2.45, 2.75) is 13.3 Å². The average Bonchev–Trinajstić information content (AvgIpc) is 2.71. The van der Waals surface area contributed by atoms with Crippen LogP contribution in [0.1, 0.15) is 23.7 Å². The lowest BCUT2D eigenvalue weighted by atomic mass is 10.1. The second-order valence-electron chi connectivity index (χ2n) is 6.64. The molecule has 1 saturated heterocycles. The summed E-state index contributed by atoms with van der Waals surface area (Å²) in [6.07, 6.45) is 0.763. The second kappa shape index (κ2) is 11.3. The van der Waals surface area contributed by atoms with E-state index in [9.17, 15) is 19.7 Å². The van der Waals surface area contributed by atoms with Crippen LogP contribution in [-0.4, -0.2) is 86.1 Å². The molecule has 2 amide bonds. The lowest BCUT2D eigenvalue weighted by Crippen LogP contribution is -2.51. The fourth-order valence-electron chi connectivity index (χ4n) is 3.07. The first-order valence-corrected chi connectivity index (χ1v) is 9.64. The first-order chi connectivity index (χ1) is 14.0. The van der Waals surface area contributed by atoms with Crippen LogP contribution >= 0.6 is 0 Å². The number of nitrogens with one attached hydrogen (secondary N) is 1. The van der Waals surface area contributed by atoms with Gasteiger partial charge in [-0.3, -0.25) is 24.6 Å². The van der Waals surface area contributed by atoms with Gasteiger partial charge in [0.2, 0.25) is 5.91 Å². The minimum atomic E-state index is -0.551. The first kappa shape index (κ1) is 22.6. The molecule has 160 valence electrons. The van der Waals surface area contributed by atoms with Gasteiger partial charge in [-0.05, 0) is 25.5 Å². The number of nitro groups is 1. The number of ether oxygens (including phenoxy) is 2. The normalized spacial score (nSPS) is 14.5. The zero-order valence-corrected chi connectivity index (χ0v) is 16.9. The molecular formula is C19H28N4O6. The van der Waals surface area contributed by atoms with Gasteiger partial charge in [-0.25, -0.2) is 0 Å². The van der Waals surface area contributed by atoms with Crippen LogP contribution in [0.2, 0.25) is 0 Å². The van der Waals surface area contributed by atoms with Gasteiger partial charge in [0.05, 0.1) is 18.1 Å². The summed E-state index contributed by atoms with van der Waals surface area (Å²) in [5, 5.41) is 14.1. The van der Waals surface area contributed by atoms with Gasteiger partial charge in [-0.1, -0.05) is 0 Å². The molecule has 1 aliphatic rings. The maximum atomic E-state index is 12.7. The molecular weight excluding hydrogens is 380 g/mol. The topological polar surface area (TPSA) is 114 Å². The van der Waals surface area contributed by atoms with Crippen LogP contribution < -0.4 is 10.1 Å². The van der Waals surface area contributed by atoms with Gasteiger partial charge in [0.15, 0.2) is 5.75 Å². The molecule has 0 atom stereocenters. The van der Waals surface area contributed by atoms with Crippen LogP contribution in [0, 0.1) is 10.1 Å². The third-order valence-electron chi connectivity index (χ3n) is 4.58. The first-order valence-electron chi connectivity index (χ1n) is 9.64. The van der Waals surface area contributed by atoms with E-state index in [1.165, 1.54) is 12.1 Å². The molecule has 1 fully saturated rings. The van der Waals surface area contributed by atoms with E-state index in [2.05, 4.69) is 5.32 Å². The molecule has 0 bridgehead atoms. The monoisotopic (exact) mass is 408 g/mol. The SMILES string of the molecule is CCOc1ccc(C(=O)N2CCN(CC(=O)NCCCOC)CC2)cc1[N+](=O)[O-]. The lowest BCUT2D eigenvalue weighted by Gasteiger charge is -2.34. The number of carbonyl (C=O) groups is 2. The molecule has 0 aliphatic carbocycles. The van der Waals surface area contributed by atoms with Crippen molar-refractivity contribution in [1.82, 2.24) is 15.1 Å². The molecule has 1 aliphatic heterocycles. The Morgan fingerprint density at radius 1 is 1.24 bits per heavy atom. The van der Waals surface area contributed by atoms with Crippen molar-refractivity contribution < 1.29 is 24.0 Å². The number of hydrogen-bond acceptors (Lipinski definition) is 7. The summed E-state index contributed by atoms with van der Waals surface area (Å²) in [4.78, 5) is 39.0. The lowest BCUT2D eigenvalue weighted by molar-refractivity contribution is -0.385. The highest BCUT2D eigenvalue weighted by atomic mass is 16.6. The van der Waals surface area contributed by atoms with Crippen LogP contribution in [0.3, 0.4) is 0 Å². The van der Waals surface area contributed by atoms with E-state index < -0.39 is 4.92 Å². The molecule has 1 N–H and O–H groups in total. The molecule has 0 aromatic heterocycles. The highest BCUT2D eigenvalue weighted by Crippen LogP contribution is 2.28. The van der Waals surface area contributed by atoms with E-state index in [1.807, 2.05) is 4.90 Å². The van der Waals surface area contributed by atoms with Crippen LogP contribution in [0.25, 0.3) is 0 Å². The minimum absolute atomic E-state index is 0.0528. The predicted octanol–water partition coefficient (Wildman–Crippen LogP) is 0.904. The Bertz CT molecular complexity index is 719. The van der Waals surface area contributed by atoms with E-state index in [0.717, 1.165) is 6.42 Å². The molecule has 1 aromatic carbocycles. The van der Waals surface area contributed by atoms with Crippen molar-refractivity contribution in [2.75, 3.05) is 59.6 Å². The Balaban J connectivity index is 1.87. The number of piperazine rings is 1. The van der Waals surface area contributed by atoms with Crippen molar-refractivity contribution in [2.24, 2.45) is 0 Å². The molecule has 1 heterocycles.